The minimum atomic E-state index is -4.70. The second kappa shape index (κ2) is 16.4. The first-order valence-corrected chi connectivity index (χ1v) is 15.0. The second-order valence-electron chi connectivity index (χ2n) is 9.77. The molecule has 1 saturated heterocycles. The van der Waals surface area contributed by atoms with Crippen LogP contribution >= 0.6 is 7.75 Å². The van der Waals surface area contributed by atoms with Crippen LogP contribution in [0.1, 0.15) is 48.5 Å². The molecule has 1 heterocycles. The molecule has 1 aliphatic rings. The van der Waals surface area contributed by atoms with Gasteiger partial charge in [0, 0.05) is 27.7 Å². The smallest absolute Gasteiger partial charge is 0.461 e. The van der Waals surface area contributed by atoms with Gasteiger partial charge in [0.2, 0.25) is 6.29 Å². The lowest BCUT2D eigenvalue weighted by Crippen LogP contribution is -2.63. The molecular formula is C27H38NO15P. The van der Waals surface area contributed by atoms with Gasteiger partial charge in [0.15, 0.2) is 18.3 Å². The van der Waals surface area contributed by atoms with Crippen molar-refractivity contribution in [1.29, 1.82) is 0 Å². The van der Waals surface area contributed by atoms with Gasteiger partial charge < -0.3 is 37.7 Å². The van der Waals surface area contributed by atoms with Gasteiger partial charge in [0.05, 0.1) is 13.2 Å². The van der Waals surface area contributed by atoms with Crippen molar-refractivity contribution < 1.29 is 70.7 Å². The van der Waals surface area contributed by atoms with Crippen LogP contribution in [0.4, 0.5) is 0 Å². The predicted molar refractivity (Wildman–Crippen MR) is 148 cm³/mol. The van der Waals surface area contributed by atoms with Crippen molar-refractivity contribution in [2.45, 2.75) is 91.3 Å². The molecule has 1 aliphatic heterocycles. The normalized spacial score (nSPS) is 23.3. The Kier molecular flexibility index (Phi) is 13.6. The van der Waals surface area contributed by atoms with E-state index < -0.39 is 87.1 Å². The summed E-state index contributed by atoms with van der Waals surface area (Å²) in [5, 5.41) is 2.47. The van der Waals surface area contributed by atoms with Crippen LogP contribution in [-0.2, 0) is 61.5 Å². The fourth-order valence-corrected chi connectivity index (χ4v) is 5.47. The highest BCUT2D eigenvalue weighted by Crippen LogP contribution is 2.48. The van der Waals surface area contributed by atoms with E-state index in [1.807, 2.05) is 0 Å². The minimum absolute atomic E-state index is 0.00306. The Morgan fingerprint density at radius 1 is 0.818 bits per heavy atom. The molecule has 1 fully saturated rings. The third kappa shape index (κ3) is 11.4. The number of rotatable bonds is 14. The Bertz CT molecular complexity index is 1220. The molecule has 0 spiro atoms. The lowest BCUT2D eigenvalue weighted by Gasteiger charge is -2.44. The van der Waals surface area contributed by atoms with Crippen molar-refractivity contribution in [1.82, 2.24) is 5.09 Å². The lowest BCUT2D eigenvalue weighted by atomic mass is 9.98. The zero-order valence-electron chi connectivity index (χ0n) is 25.6. The largest absolute Gasteiger partial charge is 0.497 e. The van der Waals surface area contributed by atoms with Crippen molar-refractivity contribution in [2.75, 3.05) is 13.7 Å². The highest BCUT2D eigenvalue weighted by atomic mass is 31.2. The molecule has 2 rings (SSSR count). The van der Waals surface area contributed by atoms with Gasteiger partial charge in [-0.05, 0) is 45.0 Å². The molecule has 17 heteroatoms. The maximum atomic E-state index is 14.3. The van der Waals surface area contributed by atoms with Crippen LogP contribution in [0.25, 0.3) is 0 Å². The first-order chi connectivity index (χ1) is 20.5. The fourth-order valence-electron chi connectivity index (χ4n) is 3.89. The first kappa shape index (κ1) is 36.5. The molecule has 0 radical (unpaired) electrons. The molecule has 1 N–H and O–H groups in total. The van der Waals surface area contributed by atoms with Crippen LogP contribution in [0, 0.1) is 0 Å². The van der Waals surface area contributed by atoms with Gasteiger partial charge in [0.25, 0.3) is 0 Å². The van der Waals surface area contributed by atoms with Crippen LogP contribution in [0.15, 0.2) is 24.3 Å². The SMILES string of the molecule is COc1ccc(OP(=O)(N[C@@H](C)C(=O)OC(C)C)O[C@H]2OC(COC(C)=O)[C@@H](OC(C)=O)C(OC(C)=O)C2OC(C)=O)cc1. The van der Waals surface area contributed by atoms with Crippen LogP contribution in [0.5, 0.6) is 11.5 Å². The van der Waals surface area contributed by atoms with Gasteiger partial charge in [-0.2, -0.15) is 5.09 Å². The summed E-state index contributed by atoms with van der Waals surface area (Å²) in [6.45, 7) is 8.28. The molecule has 0 amide bonds. The third-order valence-electron chi connectivity index (χ3n) is 5.53. The first-order valence-electron chi connectivity index (χ1n) is 13.4. The molecular weight excluding hydrogens is 609 g/mol. The number of esters is 5. The summed E-state index contributed by atoms with van der Waals surface area (Å²) in [7, 11) is -3.26. The topological polar surface area (TPSA) is 198 Å². The Morgan fingerprint density at radius 3 is 1.84 bits per heavy atom. The summed E-state index contributed by atoms with van der Waals surface area (Å²) in [6, 6.07) is 4.54. The maximum absolute atomic E-state index is 14.3. The number of ether oxygens (including phenoxy) is 7. The van der Waals surface area contributed by atoms with E-state index in [1.54, 1.807) is 13.8 Å². The molecule has 0 saturated carbocycles. The van der Waals surface area contributed by atoms with E-state index in [4.69, 9.17) is 42.2 Å². The van der Waals surface area contributed by atoms with E-state index in [0.717, 1.165) is 27.7 Å². The highest BCUT2D eigenvalue weighted by Gasteiger charge is 2.55. The zero-order chi connectivity index (χ0) is 33.2. The average Bonchev–Trinajstić information content (AvgIpc) is 2.90. The summed E-state index contributed by atoms with van der Waals surface area (Å²) < 4.78 is 63.1. The molecule has 4 unspecified atom stereocenters. The Hall–Kier alpha value is -3.72. The summed E-state index contributed by atoms with van der Waals surface area (Å²) in [4.78, 5) is 60.5. The number of benzene rings is 1. The van der Waals surface area contributed by atoms with Gasteiger partial charge >= 0.3 is 37.6 Å². The van der Waals surface area contributed by atoms with Gasteiger partial charge in [0.1, 0.15) is 30.3 Å². The maximum Gasteiger partial charge on any atom is 0.461 e. The predicted octanol–water partition coefficient (Wildman–Crippen LogP) is 2.21. The zero-order valence-corrected chi connectivity index (χ0v) is 26.5. The number of hydrogen-bond acceptors (Lipinski definition) is 15. The van der Waals surface area contributed by atoms with E-state index >= 15 is 0 Å². The van der Waals surface area contributed by atoms with E-state index in [2.05, 4.69) is 5.09 Å². The summed E-state index contributed by atoms with van der Waals surface area (Å²) in [5.41, 5.74) is 0. The van der Waals surface area contributed by atoms with Crippen LogP contribution in [-0.4, -0.2) is 86.4 Å². The van der Waals surface area contributed by atoms with Crippen LogP contribution in [0.3, 0.4) is 0 Å². The lowest BCUT2D eigenvalue weighted by molar-refractivity contribution is -0.289. The van der Waals surface area contributed by atoms with Crippen LogP contribution < -0.4 is 14.3 Å². The van der Waals surface area contributed by atoms with Gasteiger partial charge in [-0.15, -0.1) is 0 Å². The Morgan fingerprint density at radius 2 is 1.34 bits per heavy atom. The van der Waals surface area contributed by atoms with Gasteiger partial charge in [-0.1, -0.05) is 0 Å². The standard InChI is InChI=1S/C27H38NO15P/c1-14(2)37-26(33)15(3)28-44(34,42-21-11-9-20(35-8)10-12-21)43-27-25(40-19(7)32)24(39-18(6)31)23(38-17(5)30)22(41-27)13-36-16(4)29/h9-12,14-15,22-25,27H,13H2,1-8H3,(H,28,34)/t15-,22?,23+,24?,25?,27+,44?/m0/s1. The van der Waals surface area contributed by atoms with Gasteiger partial charge in [-0.3, -0.25) is 28.5 Å². The van der Waals surface area contributed by atoms with Crippen molar-refractivity contribution in [3.8, 4) is 11.5 Å². The minimum Gasteiger partial charge on any atom is -0.497 e. The summed E-state index contributed by atoms with van der Waals surface area (Å²) >= 11 is 0. The second-order valence-corrected chi connectivity index (χ2v) is 11.4. The third-order valence-corrected chi connectivity index (χ3v) is 7.17. The number of nitrogens with one attached hydrogen (secondary N) is 1. The molecule has 0 aromatic heterocycles. The Labute approximate surface area is 254 Å². The molecule has 0 bridgehead atoms. The molecule has 246 valence electrons. The monoisotopic (exact) mass is 647 g/mol. The van der Waals surface area contributed by atoms with E-state index in [9.17, 15) is 28.5 Å². The van der Waals surface area contributed by atoms with E-state index in [1.165, 1.54) is 38.3 Å². The van der Waals surface area contributed by atoms with Gasteiger partial charge in [-0.25, -0.2) is 4.57 Å². The summed E-state index contributed by atoms with van der Waals surface area (Å²) in [5.74, 6) is -3.70. The molecule has 44 heavy (non-hydrogen) atoms. The fraction of sp³-hybridized carbons (Fsp3) is 0.593. The molecule has 7 atom stereocenters. The number of methoxy groups -OCH3 is 1. The van der Waals surface area contributed by atoms with Crippen molar-refractivity contribution in [3.63, 3.8) is 0 Å². The molecule has 1 aromatic carbocycles. The van der Waals surface area contributed by atoms with E-state index in [0.29, 0.717) is 5.75 Å². The summed E-state index contributed by atoms with van der Waals surface area (Å²) in [6.07, 6.45) is -8.55. The quantitative estimate of drug-likeness (QED) is 0.175. The Balaban J connectivity index is 2.60. The molecule has 1 aromatic rings. The molecule has 16 nitrogen and oxygen atoms in total. The van der Waals surface area contributed by atoms with Crippen LogP contribution in [0.2, 0.25) is 0 Å². The van der Waals surface area contributed by atoms with Crippen molar-refractivity contribution in [3.05, 3.63) is 24.3 Å². The highest BCUT2D eigenvalue weighted by molar-refractivity contribution is 7.52. The van der Waals surface area contributed by atoms with Crippen molar-refractivity contribution >= 4 is 37.6 Å². The van der Waals surface area contributed by atoms with Crippen molar-refractivity contribution in [2.24, 2.45) is 0 Å². The van der Waals surface area contributed by atoms with E-state index in [-0.39, 0.29) is 5.75 Å². The number of carbonyl (C=O) groups excluding carboxylic acids is 5. The average molecular weight is 648 g/mol. The number of hydrogen-bond donors (Lipinski definition) is 1. The molecule has 0 aliphatic carbocycles. The number of carbonyl (C=O) groups is 5.